The fourth-order valence-corrected chi connectivity index (χ4v) is 1.75. The van der Waals surface area contributed by atoms with Crippen molar-refractivity contribution in [3.8, 4) is 0 Å². The van der Waals surface area contributed by atoms with Crippen molar-refractivity contribution in [1.82, 2.24) is 10.6 Å². The van der Waals surface area contributed by atoms with E-state index in [2.05, 4.69) is 10.6 Å². The van der Waals surface area contributed by atoms with E-state index in [4.69, 9.17) is 0 Å². The molecule has 0 aliphatic heterocycles. The Morgan fingerprint density at radius 1 is 1.15 bits per heavy atom. The number of aliphatic hydroxyl groups excluding tert-OH is 1. The number of hydrogen-bond acceptors (Lipinski definition) is 3. The van der Waals surface area contributed by atoms with Gasteiger partial charge in [0.1, 0.15) is 0 Å². The standard InChI is InChI=1S/C15H22N2O3/c1-2-6-14(19)17-11-15(20)16-10-9-13(18)12-7-4-3-5-8-12/h3-5,7-8,13,18H,2,6,9-11H2,1H3,(H,16,20)(H,17,19). The van der Waals surface area contributed by atoms with Gasteiger partial charge in [-0.2, -0.15) is 0 Å². The summed E-state index contributed by atoms with van der Waals surface area (Å²) in [4.78, 5) is 22.6. The molecule has 5 nitrogen and oxygen atoms in total. The predicted octanol–water partition coefficient (Wildman–Crippen LogP) is 1.14. The molecule has 0 fully saturated rings. The minimum atomic E-state index is -0.591. The van der Waals surface area contributed by atoms with E-state index in [9.17, 15) is 14.7 Å². The first-order chi connectivity index (χ1) is 9.63. The molecule has 0 heterocycles. The van der Waals surface area contributed by atoms with Crippen LogP contribution in [0.1, 0.15) is 37.9 Å². The lowest BCUT2D eigenvalue weighted by Crippen LogP contribution is -2.37. The quantitative estimate of drug-likeness (QED) is 0.667. The Labute approximate surface area is 119 Å². The fourth-order valence-electron chi connectivity index (χ4n) is 1.75. The van der Waals surface area contributed by atoms with Gasteiger partial charge in [-0.25, -0.2) is 0 Å². The Morgan fingerprint density at radius 3 is 2.50 bits per heavy atom. The zero-order chi connectivity index (χ0) is 14.8. The zero-order valence-electron chi connectivity index (χ0n) is 11.8. The van der Waals surface area contributed by atoms with Crippen LogP contribution >= 0.6 is 0 Å². The molecule has 0 spiro atoms. The molecule has 1 atom stereocenters. The van der Waals surface area contributed by atoms with Gasteiger partial charge < -0.3 is 15.7 Å². The molecule has 110 valence electrons. The number of rotatable bonds is 8. The van der Waals surface area contributed by atoms with Gasteiger partial charge in [0.05, 0.1) is 12.6 Å². The van der Waals surface area contributed by atoms with Crippen LogP contribution in [0.3, 0.4) is 0 Å². The van der Waals surface area contributed by atoms with Crippen LogP contribution < -0.4 is 10.6 Å². The topological polar surface area (TPSA) is 78.4 Å². The molecule has 0 aliphatic rings. The SMILES string of the molecule is CCCC(=O)NCC(=O)NCCC(O)c1ccccc1. The molecule has 0 aromatic heterocycles. The van der Waals surface area contributed by atoms with E-state index in [1.807, 2.05) is 37.3 Å². The number of carbonyl (C=O) groups excluding carboxylic acids is 2. The summed E-state index contributed by atoms with van der Waals surface area (Å²) in [7, 11) is 0. The van der Waals surface area contributed by atoms with Crippen LogP contribution in [0.2, 0.25) is 0 Å². The highest BCUT2D eigenvalue weighted by Crippen LogP contribution is 2.14. The van der Waals surface area contributed by atoms with Crippen molar-refractivity contribution in [3.05, 3.63) is 35.9 Å². The Balaban J connectivity index is 2.17. The van der Waals surface area contributed by atoms with E-state index in [1.165, 1.54) is 0 Å². The van der Waals surface area contributed by atoms with Gasteiger partial charge in [-0.3, -0.25) is 9.59 Å². The van der Waals surface area contributed by atoms with Crippen LogP contribution in [0.5, 0.6) is 0 Å². The van der Waals surface area contributed by atoms with Crippen LogP contribution in [0.15, 0.2) is 30.3 Å². The third kappa shape index (κ3) is 6.33. The summed E-state index contributed by atoms with van der Waals surface area (Å²) < 4.78 is 0. The molecule has 0 aliphatic carbocycles. The molecule has 20 heavy (non-hydrogen) atoms. The molecule has 2 amide bonds. The second-order valence-electron chi connectivity index (χ2n) is 4.59. The van der Waals surface area contributed by atoms with Gasteiger partial charge in [0, 0.05) is 13.0 Å². The normalized spacial score (nSPS) is 11.7. The maximum Gasteiger partial charge on any atom is 0.239 e. The lowest BCUT2D eigenvalue weighted by atomic mass is 10.1. The zero-order valence-corrected chi connectivity index (χ0v) is 11.8. The van der Waals surface area contributed by atoms with E-state index in [-0.39, 0.29) is 18.4 Å². The van der Waals surface area contributed by atoms with Gasteiger partial charge in [-0.05, 0) is 18.4 Å². The number of aliphatic hydroxyl groups is 1. The monoisotopic (exact) mass is 278 g/mol. The fraction of sp³-hybridized carbons (Fsp3) is 0.467. The maximum absolute atomic E-state index is 11.5. The number of hydrogen-bond donors (Lipinski definition) is 3. The first-order valence-corrected chi connectivity index (χ1v) is 6.90. The van der Waals surface area contributed by atoms with Gasteiger partial charge >= 0.3 is 0 Å². The van der Waals surface area contributed by atoms with Crippen molar-refractivity contribution in [2.75, 3.05) is 13.1 Å². The first kappa shape index (κ1) is 16.2. The molecular weight excluding hydrogens is 256 g/mol. The van der Waals surface area contributed by atoms with Crippen LogP contribution in [0.25, 0.3) is 0 Å². The van der Waals surface area contributed by atoms with Crippen LogP contribution in [0, 0.1) is 0 Å². The Morgan fingerprint density at radius 2 is 1.85 bits per heavy atom. The molecule has 1 rings (SSSR count). The van der Waals surface area contributed by atoms with Gasteiger partial charge in [0.2, 0.25) is 11.8 Å². The van der Waals surface area contributed by atoms with Crippen molar-refractivity contribution in [3.63, 3.8) is 0 Å². The molecule has 3 N–H and O–H groups in total. The molecule has 5 heteroatoms. The summed E-state index contributed by atoms with van der Waals surface area (Å²) in [6.07, 6.45) is 1.04. The highest BCUT2D eigenvalue weighted by atomic mass is 16.3. The van der Waals surface area contributed by atoms with E-state index < -0.39 is 6.10 Å². The van der Waals surface area contributed by atoms with Gasteiger partial charge in [-0.1, -0.05) is 37.3 Å². The summed E-state index contributed by atoms with van der Waals surface area (Å²) >= 11 is 0. The lowest BCUT2D eigenvalue weighted by Gasteiger charge is -2.11. The average Bonchev–Trinajstić information content (AvgIpc) is 2.46. The second-order valence-corrected chi connectivity index (χ2v) is 4.59. The largest absolute Gasteiger partial charge is 0.388 e. The third-order valence-corrected chi connectivity index (χ3v) is 2.85. The molecule has 1 unspecified atom stereocenters. The average molecular weight is 278 g/mol. The summed E-state index contributed by atoms with van der Waals surface area (Å²) in [6, 6.07) is 9.30. The summed E-state index contributed by atoms with van der Waals surface area (Å²) in [5.41, 5.74) is 0.831. The van der Waals surface area contributed by atoms with Crippen LogP contribution in [-0.4, -0.2) is 30.0 Å². The number of benzene rings is 1. The predicted molar refractivity (Wildman–Crippen MR) is 76.9 cm³/mol. The molecule has 1 aromatic rings. The lowest BCUT2D eigenvalue weighted by molar-refractivity contribution is -0.126. The van der Waals surface area contributed by atoms with E-state index >= 15 is 0 Å². The van der Waals surface area contributed by atoms with E-state index in [1.54, 1.807) is 0 Å². The van der Waals surface area contributed by atoms with Crippen LogP contribution in [0.4, 0.5) is 0 Å². The van der Waals surface area contributed by atoms with Gasteiger partial charge in [0.25, 0.3) is 0 Å². The van der Waals surface area contributed by atoms with Crippen molar-refractivity contribution in [2.24, 2.45) is 0 Å². The Hall–Kier alpha value is -1.88. The molecule has 0 saturated carbocycles. The maximum atomic E-state index is 11.5. The Kier molecular flexibility index (Phi) is 7.35. The van der Waals surface area contributed by atoms with Crippen molar-refractivity contribution in [1.29, 1.82) is 0 Å². The second kappa shape index (κ2) is 9.09. The van der Waals surface area contributed by atoms with Crippen LogP contribution in [-0.2, 0) is 9.59 Å². The van der Waals surface area contributed by atoms with Crippen molar-refractivity contribution >= 4 is 11.8 Å². The van der Waals surface area contributed by atoms with Crippen molar-refractivity contribution < 1.29 is 14.7 Å². The Bertz CT molecular complexity index is 420. The molecule has 0 saturated heterocycles. The smallest absolute Gasteiger partial charge is 0.239 e. The van der Waals surface area contributed by atoms with Gasteiger partial charge in [-0.15, -0.1) is 0 Å². The van der Waals surface area contributed by atoms with Crippen molar-refractivity contribution in [2.45, 2.75) is 32.3 Å². The summed E-state index contributed by atoms with van der Waals surface area (Å²) in [5.74, 6) is -0.360. The molecule has 0 bridgehead atoms. The third-order valence-electron chi connectivity index (χ3n) is 2.85. The molecular formula is C15H22N2O3. The molecule has 0 radical (unpaired) electrons. The summed E-state index contributed by atoms with van der Waals surface area (Å²) in [6.45, 7) is 2.27. The number of amides is 2. The van der Waals surface area contributed by atoms with E-state index in [0.29, 0.717) is 19.4 Å². The highest BCUT2D eigenvalue weighted by Gasteiger charge is 2.08. The van der Waals surface area contributed by atoms with E-state index in [0.717, 1.165) is 12.0 Å². The highest BCUT2D eigenvalue weighted by molar-refractivity contribution is 5.84. The number of carbonyl (C=O) groups is 2. The minimum absolute atomic E-state index is 0.0136. The molecule has 1 aromatic carbocycles. The summed E-state index contributed by atoms with van der Waals surface area (Å²) in [5, 5.41) is 15.1. The first-order valence-electron chi connectivity index (χ1n) is 6.90. The van der Waals surface area contributed by atoms with Gasteiger partial charge in [0.15, 0.2) is 0 Å². The minimum Gasteiger partial charge on any atom is -0.388 e. The number of nitrogens with one attached hydrogen (secondary N) is 2.